The van der Waals surface area contributed by atoms with E-state index < -0.39 is 11.9 Å². The SMILES string of the molecule is CC(C)CC(C)NC(=O)NCC(C(=O)O)c1ccccc1. The van der Waals surface area contributed by atoms with Gasteiger partial charge in [-0.15, -0.1) is 0 Å². The molecule has 0 spiro atoms. The van der Waals surface area contributed by atoms with Crippen LogP contribution in [0.1, 0.15) is 38.7 Å². The van der Waals surface area contributed by atoms with Gasteiger partial charge in [-0.2, -0.15) is 0 Å². The Morgan fingerprint density at radius 1 is 1.14 bits per heavy atom. The standard InChI is InChI=1S/C16H24N2O3/c1-11(2)9-12(3)18-16(21)17-10-14(15(19)20)13-7-5-4-6-8-13/h4-8,11-12,14H,9-10H2,1-3H3,(H,19,20)(H2,17,18,21). The highest BCUT2D eigenvalue weighted by Gasteiger charge is 2.20. The number of carboxylic acids is 1. The zero-order valence-corrected chi connectivity index (χ0v) is 12.8. The van der Waals surface area contributed by atoms with Crippen molar-refractivity contribution in [1.82, 2.24) is 10.6 Å². The Bertz CT molecular complexity index is 460. The van der Waals surface area contributed by atoms with Crippen molar-refractivity contribution in [1.29, 1.82) is 0 Å². The van der Waals surface area contributed by atoms with Crippen molar-refractivity contribution in [2.24, 2.45) is 5.92 Å². The fourth-order valence-electron chi connectivity index (χ4n) is 2.27. The van der Waals surface area contributed by atoms with Gasteiger partial charge in [0.2, 0.25) is 0 Å². The molecule has 2 unspecified atom stereocenters. The van der Waals surface area contributed by atoms with Crippen LogP contribution in [-0.2, 0) is 4.79 Å². The van der Waals surface area contributed by atoms with E-state index in [9.17, 15) is 14.7 Å². The highest BCUT2D eigenvalue weighted by atomic mass is 16.4. The third kappa shape index (κ3) is 6.29. The summed E-state index contributed by atoms with van der Waals surface area (Å²) in [5.41, 5.74) is 0.681. The number of aliphatic carboxylic acids is 1. The van der Waals surface area contributed by atoms with E-state index in [2.05, 4.69) is 24.5 Å². The summed E-state index contributed by atoms with van der Waals surface area (Å²) >= 11 is 0. The van der Waals surface area contributed by atoms with Crippen LogP contribution in [0.15, 0.2) is 30.3 Å². The zero-order chi connectivity index (χ0) is 15.8. The first-order valence-corrected chi connectivity index (χ1v) is 7.22. The summed E-state index contributed by atoms with van der Waals surface area (Å²) in [4.78, 5) is 23.1. The maximum absolute atomic E-state index is 11.8. The van der Waals surface area contributed by atoms with Crippen LogP contribution < -0.4 is 10.6 Å². The maximum atomic E-state index is 11.8. The highest BCUT2D eigenvalue weighted by molar-refractivity contribution is 5.79. The van der Waals surface area contributed by atoms with Crippen LogP contribution in [0, 0.1) is 5.92 Å². The summed E-state index contributed by atoms with van der Waals surface area (Å²) in [6.45, 7) is 6.18. The predicted octanol–water partition coefficient (Wildman–Crippen LogP) is 2.59. The molecule has 2 atom stereocenters. The van der Waals surface area contributed by atoms with Crippen molar-refractivity contribution in [3.8, 4) is 0 Å². The van der Waals surface area contributed by atoms with Gasteiger partial charge in [0.05, 0.1) is 5.92 Å². The first kappa shape index (κ1) is 17.0. The average Bonchev–Trinajstić information content (AvgIpc) is 2.38. The number of carbonyl (C=O) groups is 2. The van der Waals surface area contributed by atoms with Crippen LogP contribution >= 0.6 is 0 Å². The van der Waals surface area contributed by atoms with E-state index in [1.807, 2.05) is 13.0 Å². The number of urea groups is 1. The third-order valence-corrected chi connectivity index (χ3v) is 3.17. The minimum Gasteiger partial charge on any atom is -0.481 e. The molecule has 1 rings (SSSR count). The molecule has 2 amide bonds. The first-order valence-electron chi connectivity index (χ1n) is 7.22. The Morgan fingerprint density at radius 3 is 2.29 bits per heavy atom. The zero-order valence-electron chi connectivity index (χ0n) is 12.8. The molecule has 0 aliphatic rings. The minimum absolute atomic E-state index is 0.0602. The van der Waals surface area contributed by atoms with E-state index in [-0.39, 0.29) is 18.6 Å². The summed E-state index contributed by atoms with van der Waals surface area (Å²) in [6, 6.07) is 8.64. The molecule has 0 radical (unpaired) electrons. The molecule has 0 aliphatic heterocycles. The van der Waals surface area contributed by atoms with E-state index in [1.54, 1.807) is 24.3 Å². The Hall–Kier alpha value is -2.04. The summed E-state index contributed by atoms with van der Waals surface area (Å²) in [7, 11) is 0. The molecule has 21 heavy (non-hydrogen) atoms. The lowest BCUT2D eigenvalue weighted by molar-refractivity contribution is -0.138. The van der Waals surface area contributed by atoms with Gasteiger partial charge in [0.1, 0.15) is 0 Å². The maximum Gasteiger partial charge on any atom is 0.315 e. The van der Waals surface area contributed by atoms with Crippen LogP contribution in [0.5, 0.6) is 0 Å². The fourth-order valence-corrected chi connectivity index (χ4v) is 2.27. The van der Waals surface area contributed by atoms with Crippen molar-refractivity contribution >= 4 is 12.0 Å². The van der Waals surface area contributed by atoms with Gasteiger partial charge in [0.15, 0.2) is 0 Å². The number of nitrogens with one attached hydrogen (secondary N) is 2. The van der Waals surface area contributed by atoms with Crippen LogP contribution in [-0.4, -0.2) is 29.7 Å². The van der Waals surface area contributed by atoms with Gasteiger partial charge >= 0.3 is 12.0 Å². The molecule has 0 heterocycles. The minimum atomic E-state index is -0.947. The molecular weight excluding hydrogens is 268 g/mol. The van der Waals surface area contributed by atoms with Crippen molar-refractivity contribution in [3.63, 3.8) is 0 Å². The molecule has 5 nitrogen and oxygen atoms in total. The number of hydrogen-bond acceptors (Lipinski definition) is 2. The molecular formula is C16H24N2O3. The van der Waals surface area contributed by atoms with Crippen molar-refractivity contribution < 1.29 is 14.7 Å². The van der Waals surface area contributed by atoms with E-state index >= 15 is 0 Å². The van der Waals surface area contributed by atoms with Crippen molar-refractivity contribution in [2.75, 3.05) is 6.54 Å². The lowest BCUT2D eigenvalue weighted by Gasteiger charge is -2.18. The second-order valence-electron chi connectivity index (χ2n) is 5.69. The summed E-state index contributed by atoms with van der Waals surface area (Å²) in [6.07, 6.45) is 0.883. The third-order valence-electron chi connectivity index (χ3n) is 3.17. The molecule has 0 aromatic heterocycles. The van der Waals surface area contributed by atoms with Gasteiger partial charge in [0, 0.05) is 12.6 Å². The normalized spacial score (nSPS) is 13.5. The number of hydrogen-bond donors (Lipinski definition) is 3. The summed E-state index contributed by atoms with van der Waals surface area (Å²) < 4.78 is 0. The fraction of sp³-hybridized carbons (Fsp3) is 0.500. The van der Waals surface area contributed by atoms with Gasteiger partial charge in [-0.05, 0) is 24.8 Å². The molecule has 0 saturated carbocycles. The van der Waals surface area contributed by atoms with Gasteiger partial charge < -0.3 is 15.7 Å². The molecule has 5 heteroatoms. The van der Waals surface area contributed by atoms with Crippen LogP contribution in [0.25, 0.3) is 0 Å². The number of carboxylic acid groups (broad SMARTS) is 1. The van der Waals surface area contributed by atoms with E-state index in [1.165, 1.54) is 0 Å². The van der Waals surface area contributed by atoms with Crippen molar-refractivity contribution in [2.45, 2.75) is 39.2 Å². The topological polar surface area (TPSA) is 78.4 Å². The second kappa shape index (κ2) is 8.29. The summed E-state index contributed by atoms with van der Waals surface area (Å²) in [5, 5.41) is 14.7. The number of benzene rings is 1. The second-order valence-corrected chi connectivity index (χ2v) is 5.69. The average molecular weight is 292 g/mol. The summed E-state index contributed by atoms with van der Waals surface area (Å²) in [5.74, 6) is -1.19. The van der Waals surface area contributed by atoms with Gasteiger partial charge in [-0.3, -0.25) is 4.79 Å². The molecule has 1 aromatic rings. The predicted molar refractivity (Wildman–Crippen MR) is 82.3 cm³/mol. The molecule has 3 N–H and O–H groups in total. The lowest BCUT2D eigenvalue weighted by atomic mass is 9.99. The Balaban J connectivity index is 2.51. The van der Waals surface area contributed by atoms with E-state index in [0.29, 0.717) is 11.5 Å². The quantitative estimate of drug-likeness (QED) is 0.722. The molecule has 0 bridgehead atoms. The van der Waals surface area contributed by atoms with Gasteiger partial charge in [0.25, 0.3) is 0 Å². The number of rotatable bonds is 7. The Morgan fingerprint density at radius 2 is 1.76 bits per heavy atom. The first-order chi connectivity index (χ1) is 9.90. The Labute approximate surface area is 125 Å². The number of carbonyl (C=O) groups excluding carboxylic acids is 1. The number of amides is 2. The molecule has 0 saturated heterocycles. The molecule has 116 valence electrons. The molecule has 0 aliphatic carbocycles. The monoisotopic (exact) mass is 292 g/mol. The van der Waals surface area contributed by atoms with Gasteiger partial charge in [-0.25, -0.2) is 4.79 Å². The van der Waals surface area contributed by atoms with Crippen LogP contribution in [0.3, 0.4) is 0 Å². The lowest BCUT2D eigenvalue weighted by Crippen LogP contribution is -2.43. The highest BCUT2D eigenvalue weighted by Crippen LogP contribution is 2.14. The van der Waals surface area contributed by atoms with Crippen molar-refractivity contribution in [3.05, 3.63) is 35.9 Å². The Kier molecular flexibility index (Phi) is 6.72. The molecule has 0 fully saturated rings. The van der Waals surface area contributed by atoms with E-state index in [0.717, 1.165) is 6.42 Å². The van der Waals surface area contributed by atoms with E-state index in [4.69, 9.17) is 0 Å². The largest absolute Gasteiger partial charge is 0.481 e. The van der Waals surface area contributed by atoms with Gasteiger partial charge in [-0.1, -0.05) is 44.2 Å². The molecule has 1 aromatic carbocycles. The van der Waals surface area contributed by atoms with Crippen LogP contribution in [0.2, 0.25) is 0 Å². The smallest absolute Gasteiger partial charge is 0.315 e. The van der Waals surface area contributed by atoms with Crippen LogP contribution in [0.4, 0.5) is 4.79 Å².